The summed E-state index contributed by atoms with van der Waals surface area (Å²) in [6, 6.07) is 21.3. The van der Waals surface area contributed by atoms with Gasteiger partial charge in [0.2, 0.25) is 0 Å². The van der Waals surface area contributed by atoms with E-state index in [0.717, 1.165) is 6.42 Å². The SMILES string of the molecule is CCC(C)(C)C(=O)OC.CCC(C)(C)c1ccccc1.CCC(C)c1ccccc1. The van der Waals surface area contributed by atoms with E-state index >= 15 is 0 Å². The second-order valence-electron chi connectivity index (χ2n) is 9.05. The van der Waals surface area contributed by atoms with Gasteiger partial charge in [0.15, 0.2) is 0 Å². The Morgan fingerprint density at radius 2 is 1.30 bits per heavy atom. The van der Waals surface area contributed by atoms with Gasteiger partial charge >= 0.3 is 5.97 Å². The largest absolute Gasteiger partial charge is 0.469 e. The Balaban J connectivity index is 0.000000423. The van der Waals surface area contributed by atoms with Gasteiger partial charge in [-0.3, -0.25) is 4.79 Å². The van der Waals surface area contributed by atoms with Crippen molar-refractivity contribution < 1.29 is 9.53 Å². The van der Waals surface area contributed by atoms with Crippen LogP contribution < -0.4 is 0 Å². The zero-order valence-electron chi connectivity index (χ0n) is 20.8. The standard InChI is InChI=1S/C11H16.C10H14.C7H14O2/c1-4-11(2,3)10-8-6-5-7-9-10;1-3-9(2)10-7-5-4-6-8-10;1-5-7(2,3)6(8)9-4/h5-9H,4H2,1-3H3;4-9H,3H2,1-2H3;5H2,1-4H3. The summed E-state index contributed by atoms with van der Waals surface area (Å²) in [5.74, 6) is 0.575. The minimum Gasteiger partial charge on any atom is -0.469 e. The van der Waals surface area contributed by atoms with Crippen LogP contribution in [-0.2, 0) is 14.9 Å². The number of benzene rings is 2. The molecule has 2 heteroatoms. The van der Waals surface area contributed by atoms with Crippen LogP contribution in [0.2, 0.25) is 0 Å². The van der Waals surface area contributed by atoms with E-state index < -0.39 is 0 Å². The summed E-state index contributed by atoms with van der Waals surface area (Å²) in [5.41, 5.74) is 2.91. The Morgan fingerprint density at radius 3 is 1.63 bits per heavy atom. The van der Waals surface area contributed by atoms with Crippen molar-refractivity contribution in [2.75, 3.05) is 7.11 Å². The third-order valence-electron chi connectivity index (χ3n) is 6.04. The van der Waals surface area contributed by atoms with Gasteiger partial charge in [0.1, 0.15) is 0 Å². The monoisotopic (exact) mass is 412 g/mol. The first-order chi connectivity index (χ1) is 14.1. The van der Waals surface area contributed by atoms with Gasteiger partial charge in [-0.15, -0.1) is 0 Å². The summed E-state index contributed by atoms with van der Waals surface area (Å²) in [5, 5.41) is 0. The van der Waals surface area contributed by atoms with Crippen molar-refractivity contribution in [3.8, 4) is 0 Å². The van der Waals surface area contributed by atoms with Crippen molar-refractivity contribution in [1.82, 2.24) is 0 Å². The zero-order valence-corrected chi connectivity index (χ0v) is 20.8. The summed E-state index contributed by atoms with van der Waals surface area (Å²) < 4.78 is 4.57. The summed E-state index contributed by atoms with van der Waals surface area (Å²) >= 11 is 0. The molecule has 0 aliphatic heterocycles. The molecule has 30 heavy (non-hydrogen) atoms. The fourth-order valence-electron chi connectivity index (χ4n) is 2.53. The highest BCUT2D eigenvalue weighted by Crippen LogP contribution is 2.25. The number of methoxy groups -OCH3 is 1. The number of ether oxygens (including phenoxy) is 1. The molecule has 2 aromatic carbocycles. The fourth-order valence-corrected chi connectivity index (χ4v) is 2.53. The van der Waals surface area contributed by atoms with Crippen molar-refractivity contribution in [1.29, 1.82) is 0 Å². The van der Waals surface area contributed by atoms with E-state index in [2.05, 4.69) is 100 Å². The van der Waals surface area contributed by atoms with Crippen LogP contribution in [0.3, 0.4) is 0 Å². The first-order valence-corrected chi connectivity index (χ1v) is 11.2. The van der Waals surface area contributed by atoms with E-state index in [1.807, 2.05) is 20.8 Å². The number of carbonyl (C=O) groups excluding carboxylic acids is 1. The van der Waals surface area contributed by atoms with E-state index in [9.17, 15) is 4.79 Å². The molecule has 0 N–H and O–H groups in total. The lowest BCUT2D eigenvalue weighted by Crippen LogP contribution is -2.24. The molecule has 0 bridgehead atoms. The molecule has 1 unspecified atom stereocenters. The Bertz CT molecular complexity index is 687. The first-order valence-electron chi connectivity index (χ1n) is 11.2. The van der Waals surface area contributed by atoms with Crippen LogP contribution in [0.25, 0.3) is 0 Å². The van der Waals surface area contributed by atoms with Gasteiger partial charge in [-0.05, 0) is 55.6 Å². The smallest absolute Gasteiger partial charge is 0.311 e. The van der Waals surface area contributed by atoms with Crippen LogP contribution in [0.1, 0.15) is 91.7 Å². The Hall–Kier alpha value is -2.09. The van der Waals surface area contributed by atoms with E-state index in [1.54, 1.807) is 0 Å². The topological polar surface area (TPSA) is 26.3 Å². The van der Waals surface area contributed by atoms with Crippen LogP contribution in [0.15, 0.2) is 60.7 Å². The second-order valence-corrected chi connectivity index (χ2v) is 9.05. The minimum absolute atomic E-state index is 0.134. The van der Waals surface area contributed by atoms with E-state index in [0.29, 0.717) is 11.3 Å². The average molecular weight is 413 g/mol. The molecular weight excluding hydrogens is 368 g/mol. The molecule has 0 heterocycles. The van der Waals surface area contributed by atoms with Gasteiger partial charge in [-0.2, -0.15) is 0 Å². The molecule has 0 aromatic heterocycles. The van der Waals surface area contributed by atoms with Crippen molar-refractivity contribution in [2.45, 2.75) is 86.0 Å². The summed E-state index contributed by atoms with van der Waals surface area (Å²) in [6.07, 6.45) is 3.24. The maximum Gasteiger partial charge on any atom is 0.311 e. The molecule has 2 aromatic rings. The number of carbonyl (C=O) groups is 1. The molecular formula is C28H44O2. The Labute approximate surface area is 186 Å². The molecule has 0 saturated heterocycles. The number of hydrogen-bond acceptors (Lipinski definition) is 2. The average Bonchev–Trinajstić information content (AvgIpc) is 2.79. The summed E-state index contributed by atoms with van der Waals surface area (Å²) in [6.45, 7) is 17.0. The molecule has 0 aliphatic rings. The minimum atomic E-state index is -0.311. The summed E-state index contributed by atoms with van der Waals surface area (Å²) in [4.78, 5) is 10.8. The van der Waals surface area contributed by atoms with Crippen molar-refractivity contribution in [3.05, 3.63) is 71.8 Å². The normalized spacial score (nSPS) is 11.9. The Morgan fingerprint density at radius 1 is 0.833 bits per heavy atom. The van der Waals surface area contributed by atoms with Crippen molar-refractivity contribution in [2.24, 2.45) is 5.41 Å². The maximum absolute atomic E-state index is 10.8. The van der Waals surface area contributed by atoms with Crippen molar-refractivity contribution >= 4 is 5.97 Å². The van der Waals surface area contributed by atoms with E-state index in [4.69, 9.17) is 0 Å². The van der Waals surface area contributed by atoms with E-state index in [-0.39, 0.29) is 11.4 Å². The van der Waals surface area contributed by atoms with Crippen molar-refractivity contribution in [3.63, 3.8) is 0 Å². The lowest BCUT2D eigenvalue weighted by Gasteiger charge is -2.22. The lowest BCUT2D eigenvalue weighted by molar-refractivity contribution is -0.150. The fraction of sp³-hybridized carbons (Fsp3) is 0.536. The molecule has 0 spiro atoms. The zero-order chi connectivity index (χ0) is 23.2. The van der Waals surface area contributed by atoms with Crippen LogP contribution in [0.5, 0.6) is 0 Å². The number of hydrogen-bond donors (Lipinski definition) is 0. The summed E-state index contributed by atoms with van der Waals surface area (Å²) in [7, 11) is 1.42. The highest BCUT2D eigenvalue weighted by Gasteiger charge is 2.25. The van der Waals surface area contributed by atoms with Gasteiger partial charge in [0.05, 0.1) is 12.5 Å². The molecule has 168 valence electrons. The molecule has 1 atom stereocenters. The predicted octanol–water partition coefficient (Wildman–Crippen LogP) is 8.17. The highest BCUT2D eigenvalue weighted by atomic mass is 16.5. The van der Waals surface area contributed by atoms with Crippen LogP contribution in [-0.4, -0.2) is 13.1 Å². The molecule has 0 amide bonds. The van der Waals surface area contributed by atoms with E-state index in [1.165, 1.54) is 31.1 Å². The van der Waals surface area contributed by atoms with Gasteiger partial charge in [-0.1, -0.05) is 102 Å². The molecule has 0 radical (unpaired) electrons. The third-order valence-corrected chi connectivity index (χ3v) is 6.04. The van der Waals surface area contributed by atoms with Gasteiger partial charge in [0, 0.05) is 0 Å². The van der Waals surface area contributed by atoms with Gasteiger partial charge in [-0.25, -0.2) is 0 Å². The Kier molecular flexibility index (Phi) is 13.0. The molecule has 0 saturated carbocycles. The highest BCUT2D eigenvalue weighted by molar-refractivity contribution is 5.75. The lowest BCUT2D eigenvalue weighted by atomic mass is 9.82. The van der Waals surface area contributed by atoms with Crippen LogP contribution in [0.4, 0.5) is 0 Å². The predicted molar refractivity (Wildman–Crippen MR) is 131 cm³/mol. The number of rotatable bonds is 6. The molecule has 0 fully saturated rings. The third kappa shape index (κ3) is 10.1. The van der Waals surface area contributed by atoms with Crippen LogP contribution >= 0.6 is 0 Å². The maximum atomic E-state index is 10.8. The molecule has 2 rings (SSSR count). The quantitative estimate of drug-likeness (QED) is 0.447. The number of esters is 1. The molecule has 2 nitrogen and oxygen atoms in total. The first kappa shape index (κ1) is 27.9. The van der Waals surface area contributed by atoms with Gasteiger partial charge < -0.3 is 4.74 Å². The second kappa shape index (κ2) is 14.0. The van der Waals surface area contributed by atoms with Crippen LogP contribution in [0, 0.1) is 5.41 Å². The van der Waals surface area contributed by atoms with Gasteiger partial charge in [0.25, 0.3) is 0 Å². The molecule has 0 aliphatic carbocycles.